The summed E-state index contributed by atoms with van der Waals surface area (Å²) in [6, 6.07) is 7.70. The highest BCUT2D eigenvalue weighted by molar-refractivity contribution is 9.10. The number of benzene rings is 1. The summed E-state index contributed by atoms with van der Waals surface area (Å²) in [7, 11) is -2.96. The lowest BCUT2D eigenvalue weighted by Gasteiger charge is -2.27. The summed E-state index contributed by atoms with van der Waals surface area (Å²) in [5.74, 6) is 0.350. The van der Waals surface area contributed by atoms with E-state index < -0.39 is 9.84 Å². The summed E-state index contributed by atoms with van der Waals surface area (Å²) in [4.78, 5) is 14.1. The number of rotatable bonds is 5. The van der Waals surface area contributed by atoms with E-state index in [9.17, 15) is 13.2 Å². The zero-order chi connectivity index (χ0) is 15.5. The van der Waals surface area contributed by atoms with E-state index in [1.54, 1.807) is 4.90 Å². The molecule has 1 aromatic rings. The lowest BCUT2D eigenvalue weighted by molar-refractivity contribution is -0.132. The fraction of sp³-hybridized carbons (Fsp3) is 0.533. The van der Waals surface area contributed by atoms with Crippen LogP contribution in [0.1, 0.15) is 25.3 Å². The topological polar surface area (TPSA) is 54.5 Å². The molecule has 2 rings (SSSR count). The Bertz CT molecular complexity index is 615. The minimum absolute atomic E-state index is 0.0374. The minimum atomic E-state index is -2.96. The SMILES string of the molecule is CCN(C(=O)CCc1ccccc1Br)C1CCS(=O)(=O)C1. The van der Waals surface area contributed by atoms with Gasteiger partial charge >= 0.3 is 0 Å². The highest BCUT2D eigenvalue weighted by Crippen LogP contribution is 2.21. The summed E-state index contributed by atoms with van der Waals surface area (Å²) in [5.41, 5.74) is 1.10. The molecule has 116 valence electrons. The molecule has 0 bridgehead atoms. The van der Waals surface area contributed by atoms with Crippen LogP contribution in [-0.2, 0) is 21.1 Å². The maximum Gasteiger partial charge on any atom is 0.223 e. The van der Waals surface area contributed by atoms with Gasteiger partial charge in [0.15, 0.2) is 9.84 Å². The van der Waals surface area contributed by atoms with Gasteiger partial charge in [-0.15, -0.1) is 0 Å². The molecular weight excluding hydrogens is 354 g/mol. The first-order chi connectivity index (χ1) is 9.93. The number of amides is 1. The molecule has 1 amide bonds. The Balaban J connectivity index is 1.97. The molecule has 1 unspecified atom stereocenters. The summed E-state index contributed by atoms with van der Waals surface area (Å²) in [6.07, 6.45) is 1.64. The van der Waals surface area contributed by atoms with Gasteiger partial charge in [-0.3, -0.25) is 4.79 Å². The standard InChI is InChI=1S/C15H20BrNO3S/c1-2-17(13-9-10-21(19,20)11-13)15(18)8-7-12-5-3-4-6-14(12)16/h3-6,13H,2,7-11H2,1H3. The highest BCUT2D eigenvalue weighted by atomic mass is 79.9. The van der Waals surface area contributed by atoms with Crippen molar-refractivity contribution in [2.75, 3.05) is 18.1 Å². The van der Waals surface area contributed by atoms with Crippen molar-refractivity contribution in [3.8, 4) is 0 Å². The number of carbonyl (C=O) groups is 1. The van der Waals surface area contributed by atoms with E-state index >= 15 is 0 Å². The van der Waals surface area contributed by atoms with Gasteiger partial charge in [-0.05, 0) is 31.4 Å². The second-order valence-corrected chi connectivity index (χ2v) is 8.41. The maximum absolute atomic E-state index is 12.4. The van der Waals surface area contributed by atoms with Gasteiger partial charge in [-0.25, -0.2) is 8.42 Å². The molecule has 4 nitrogen and oxygen atoms in total. The number of hydrogen-bond acceptors (Lipinski definition) is 3. The van der Waals surface area contributed by atoms with Crippen LogP contribution in [0.4, 0.5) is 0 Å². The Morgan fingerprint density at radius 2 is 2.10 bits per heavy atom. The van der Waals surface area contributed by atoms with E-state index in [0.717, 1.165) is 10.0 Å². The summed E-state index contributed by atoms with van der Waals surface area (Å²) in [6.45, 7) is 2.47. The monoisotopic (exact) mass is 373 g/mol. The van der Waals surface area contributed by atoms with Crippen LogP contribution in [0.15, 0.2) is 28.7 Å². The predicted molar refractivity (Wildman–Crippen MR) is 86.9 cm³/mol. The molecule has 0 aromatic heterocycles. The minimum Gasteiger partial charge on any atom is -0.339 e. The lowest BCUT2D eigenvalue weighted by Crippen LogP contribution is -2.41. The van der Waals surface area contributed by atoms with Gasteiger partial charge in [-0.2, -0.15) is 0 Å². The maximum atomic E-state index is 12.4. The molecule has 1 heterocycles. The quantitative estimate of drug-likeness (QED) is 0.796. The van der Waals surface area contributed by atoms with Crippen LogP contribution in [0.5, 0.6) is 0 Å². The fourth-order valence-electron chi connectivity index (χ4n) is 2.75. The van der Waals surface area contributed by atoms with Gasteiger partial charge in [0.2, 0.25) is 5.91 Å². The van der Waals surface area contributed by atoms with Crippen LogP contribution in [0.2, 0.25) is 0 Å². The number of sulfone groups is 1. The van der Waals surface area contributed by atoms with Crippen molar-refractivity contribution in [3.63, 3.8) is 0 Å². The van der Waals surface area contributed by atoms with Crippen molar-refractivity contribution in [1.82, 2.24) is 4.90 Å². The van der Waals surface area contributed by atoms with Crippen molar-refractivity contribution in [2.24, 2.45) is 0 Å². The molecule has 0 radical (unpaired) electrons. The second kappa shape index (κ2) is 6.92. The van der Waals surface area contributed by atoms with E-state index in [4.69, 9.17) is 0 Å². The Morgan fingerprint density at radius 1 is 1.38 bits per heavy atom. The van der Waals surface area contributed by atoms with E-state index in [-0.39, 0.29) is 23.5 Å². The summed E-state index contributed by atoms with van der Waals surface area (Å²) >= 11 is 3.48. The van der Waals surface area contributed by atoms with Crippen LogP contribution in [0.3, 0.4) is 0 Å². The van der Waals surface area contributed by atoms with E-state index in [0.29, 0.717) is 25.8 Å². The molecule has 1 aromatic carbocycles. The van der Waals surface area contributed by atoms with Crippen molar-refractivity contribution >= 4 is 31.7 Å². The molecule has 1 aliphatic rings. The van der Waals surface area contributed by atoms with Crippen LogP contribution < -0.4 is 0 Å². The number of aryl methyl sites for hydroxylation is 1. The van der Waals surface area contributed by atoms with Crippen molar-refractivity contribution in [2.45, 2.75) is 32.2 Å². The Morgan fingerprint density at radius 3 is 2.67 bits per heavy atom. The molecule has 6 heteroatoms. The third kappa shape index (κ3) is 4.30. The van der Waals surface area contributed by atoms with Crippen molar-refractivity contribution in [1.29, 1.82) is 0 Å². The van der Waals surface area contributed by atoms with E-state index in [1.165, 1.54) is 0 Å². The number of nitrogens with zero attached hydrogens (tertiary/aromatic N) is 1. The second-order valence-electron chi connectivity index (χ2n) is 5.33. The van der Waals surface area contributed by atoms with Gasteiger partial charge in [0.1, 0.15) is 0 Å². The fourth-order valence-corrected chi connectivity index (χ4v) is 4.96. The highest BCUT2D eigenvalue weighted by Gasteiger charge is 2.33. The van der Waals surface area contributed by atoms with Gasteiger partial charge in [0.25, 0.3) is 0 Å². The van der Waals surface area contributed by atoms with Crippen LogP contribution in [-0.4, -0.2) is 43.3 Å². The van der Waals surface area contributed by atoms with Crippen molar-refractivity contribution in [3.05, 3.63) is 34.3 Å². The smallest absolute Gasteiger partial charge is 0.223 e. The normalized spacial score (nSPS) is 20.4. The zero-order valence-electron chi connectivity index (χ0n) is 12.1. The van der Waals surface area contributed by atoms with Gasteiger partial charge in [0.05, 0.1) is 11.5 Å². The third-order valence-corrected chi connectivity index (χ3v) is 6.40. The van der Waals surface area contributed by atoms with Crippen LogP contribution >= 0.6 is 15.9 Å². The van der Waals surface area contributed by atoms with Crippen LogP contribution in [0.25, 0.3) is 0 Å². The molecular formula is C15H20BrNO3S. The summed E-state index contributed by atoms with van der Waals surface area (Å²) in [5, 5.41) is 0. The first-order valence-electron chi connectivity index (χ1n) is 7.16. The van der Waals surface area contributed by atoms with Gasteiger partial charge < -0.3 is 4.90 Å². The largest absolute Gasteiger partial charge is 0.339 e. The third-order valence-electron chi connectivity index (χ3n) is 3.88. The Hall–Kier alpha value is -0.880. The molecule has 1 fully saturated rings. The van der Waals surface area contributed by atoms with Crippen molar-refractivity contribution < 1.29 is 13.2 Å². The molecule has 0 N–H and O–H groups in total. The zero-order valence-corrected chi connectivity index (χ0v) is 14.5. The van der Waals surface area contributed by atoms with Gasteiger partial charge in [-0.1, -0.05) is 34.1 Å². The van der Waals surface area contributed by atoms with Crippen LogP contribution in [0, 0.1) is 0 Å². The average molecular weight is 374 g/mol. The molecule has 21 heavy (non-hydrogen) atoms. The predicted octanol–water partition coefficient (Wildman–Crippen LogP) is 2.42. The molecule has 0 aliphatic carbocycles. The first kappa shape index (κ1) is 16.5. The Kier molecular flexibility index (Phi) is 5.43. The van der Waals surface area contributed by atoms with Gasteiger partial charge in [0, 0.05) is 23.5 Å². The number of carbonyl (C=O) groups excluding carboxylic acids is 1. The number of halogens is 1. The lowest BCUT2D eigenvalue weighted by atomic mass is 10.1. The first-order valence-corrected chi connectivity index (χ1v) is 9.77. The molecule has 0 spiro atoms. The average Bonchev–Trinajstić information content (AvgIpc) is 2.79. The Labute approximate surface area is 134 Å². The van der Waals surface area contributed by atoms with E-state index in [1.807, 2.05) is 31.2 Å². The summed E-state index contributed by atoms with van der Waals surface area (Å²) < 4.78 is 24.1. The molecule has 1 aliphatic heterocycles. The molecule has 1 atom stereocenters. The molecule has 1 saturated heterocycles. The van der Waals surface area contributed by atoms with E-state index in [2.05, 4.69) is 15.9 Å². The number of hydrogen-bond donors (Lipinski definition) is 0. The molecule has 0 saturated carbocycles.